The highest BCUT2D eigenvalue weighted by Crippen LogP contribution is 2.30. The molecule has 0 bridgehead atoms. The Balaban J connectivity index is 0.00000280. The second-order valence-corrected chi connectivity index (χ2v) is 7.60. The van der Waals surface area contributed by atoms with Crippen molar-refractivity contribution >= 4 is 35.6 Å². The Morgan fingerprint density at radius 3 is 2.71 bits per heavy atom. The fourth-order valence-corrected chi connectivity index (χ4v) is 3.91. The van der Waals surface area contributed by atoms with E-state index < -0.39 is 0 Å². The van der Waals surface area contributed by atoms with E-state index in [2.05, 4.69) is 56.6 Å². The molecule has 2 N–H and O–H groups in total. The summed E-state index contributed by atoms with van der Waals surface area (Å²) < 4.78 is 5.51. The Morgan fingerprint density at radius 1 is 1.18 bits per heavy atom. The van der Waals surface area contributed by atoms with Crippen molar-refractivity contribution in [1.82, 2.24) is 20.4 Å². The minimum Gasteiger partial charge on any atom is -0.495 e. The number of nitrogens with one attached hydrogen (secondary N) is 2. The number of guanidine groups is 1. The number of piperazine rings is 1. The Morgan fingerprint density at radius 2 is 1.96 bits per heavy atom. The Kier molecular flexibility index (Phi) is 9.10. The second-order valence-electron chi connectivity index (χ2n) is 7.60. The van der Waals surface area contributed by atoms with Gasteiger partial charge >= 0.3 is 0 Å². The number of halogens is 1. The number of likely N-dealkylation sites (N-methyl/N-ethyl adjacent to an activating group) is 2. The molecule has 0 spiro atoms. The van der Waals surface area contributed by atoms with Gasteiger partial charge in [-0.3, -0.25) is 9.89 Å². The molecule has 0 aromatic heterocycles. The predicted molar refractivity (Wildman–Crippen MR) is 127 cm³/mol. The molecule has 1 aromatic rings. The molecule has 2 aliphatic rings. The Bertz CT molecular complexity index is 643. The van der Waals surface area contributed by atoms with Crippen LogP contribution in [0.4, 0.5) is 5.69 Å². The van der Waals surface area contributed by atoms with Crippen LogP contribution in [0.2, 0.25) is 0 Å². The molecule has 0 radical (unpaired) electrons. The Labute approximate surface area is 186 Å². The zero-order valence-electron chi connectivity index (χ0n) is 17.5. The van der Waals surface area contributed by atoms with E-state index in [1.807, 2.05) is 19.2 Å². The van der Waals surface area contributed by atoms with Crippen LogP contribution in [-0.2, 0) is 0 Å². The van der Waals surface area contributed by atoms with Crippen LogP contribution in [0.5, 0.6) is 5.75 Å². The minimum absolute atomic E-state index is 0. The van der Waals surface area contributed by atoms with Crippen LogP contribution < -0.4 is 20.3 Å². The van der Waals surface area contributed by atoms with E-state index in [9.17, 15) is 0 Å². The highest BCUT2D eigenvalue weighted by atomic mass is 127. The molecule has 7 nitrogen and oxygen atoms in total. The number of para-hydroxylation sites is 2. The summed E-state index contributed by atoms with van der Waals surface area (Å²) in [6.45, 7) is 6.22. The van der Waals surface area contributed by atoms with Crippen molar-refractivity contribution in [2.45, 2.75) is 18.5 Å². The monoisotopic (exact) mass is 502 g/mol. The van der Waals surface area contributed by atoms with Crippen molar-refractivity contribution in [3.63, 3.8) is 0 Å². The van der Waals surface area contributed by atoms with Crippen LogP contribution in [-0.4, -0.2) is 95.4 Å². The quantitative estimate of drug-likeness (QED) is 0.360. The zero-order valence-corrected chi connectivity index (χ0v) is 19.8. The van der Waals surface area contributed by atoms with Crippen LogP contribution in [0.25, 0.3) is 0 Å². The van der Waals surface area contributed by atoms with E-state index in [4.69, 9.17) is 4.74 Å². The van der Waals surface area contributed by atoms with Crippen LogP contribution in [0.1, 0.15) is 6.42 Å². The highest BCUT2D eigenvalue weighted by molar-refractivity contribution is 14.0. The van der Waals surface area contributed by atoms with Gasteiger partial charge in [-0.15, -0.1) is 24.0 Å². The van der Waals surface area contributed by atoms with Crippen molar-refractivity contribution in [3.05, 3.63) is 24.3 Å². The van der Waals surface area contributed by atoms with Crippen molar-refractivity contribution in [3.8, 4) is 5.75 Å². The summed E-state index contributed by atoms with van der Waals surface area (Å²) in [7, 11) is 7.98. The first-order chi connectivity index (χ1) is 13.1. The van der Waals surface area contributed by atoms with Gasteiger partial charge < -0.3 is 25.2 Å². The number of aliphatic imine (C=N–C) groups is 1. The van der Waals surface area contributed by atoms with Crippen molar-refractivity contribution < 1.29 is 4.74 Å². The van der Waals surface area contributed by atoms with Crippen LogP contribution in [0.15, 0.2) is 29.3 Å². The van der Waals surface area contributed by atoms with Gasteiger partial charge in [-0.1, -0.05) is 12.1 Å². The lowest BCUT2D eigenvalue weighted by molar-refractivity contribution is 0.116. The first-order valence-corrected chi connectivity index (χ1v) is 9.84. The van der Waals surface area contributed by atoms with Gasteiger partial charge in [-0.05, 0) is 32.6 Å². The van der Waals surface area contributed by atoms with E-state index in [0.29, 0.717) is 12.1 Å². The molecule has 2 atom stereocenters. The molecule has 158 valence electrons. The smallest absolute Gasteiger partial charge is 0.191 e. The maximum Gasteiger partial charge on any atom is 0.191 e. The summed E-state index contributed by atoms with van der Waals surface area (Å²) in [5, 5.41) is 7.11. The fraction of sp³-hybridized carbons (Fsp3) is 0.650. The molecule has 2 fully saturated rings. The van der Waals surface area contributed by atoms with Gasteiger partial charge in [0, 0.05) is 58.4 Å². The second kappa shape index (κ2) is 11.1. The number of anilines is 1. The third-order valence-electron chi connectivity index (χ3n) is 5.66. The molecule has 2 aliphatic heterocycles. The normalized spacial score (nSPS) is 24.0. The molecule has 2 heterocycles. The third kappa shape index (κ3) is 5.87. The van der Waals surface area contributed by atoms with Gasteiger partial charge in [0.15, 0.2) is 5.96 Å². The molecule has 28 heavy (non-hydrogen) atoms. The van der Waals surface area contributed by atoms with Gasteiger partial charge in [-0.25, -0.2) is 0 Å². The molecule has 2 unspecified atom stereocenters. The maximum absolute atomic E-state index is 5.51. The maximum atomic E-state index is 5.51. The number of rotatable bonds is 5. The average Bonchev–Trinajstić information content (AvgIpc) is 3.15. The molecular formula is C20H35IN6O. The SMILES string of the molecule is CN=C(NCC1CN(C)CCN1C)NC1CCN(c2ccccc2OC)C1.I. The average molecular weight is 502 g/mol. The Hall–Kier alpha value is -1.26. The van der Waals surface area contributed by atoms with Crippen molar-refractivity contribution in [1.29, 1.82) is 0 Å². The first kappa shape index (κ1) is 23.0. The number of hydrogen-bond acceptors (Lipinski definition) is 5. The van der Waals surface area contributed by atoms with Gasteiger partial charge in [0.2, 0.25) is 0 Å². The van der Waals surface area contributed by atoms with E-state index in [0.717, 1.165) is 57.4 Å². The largest absolute Gasteiger partial charge is 0.495 e. The fourth-order valence-electron chi connectivity index (χ4n) is 3.91. The minimum atomic E-state index is 0. The summed E-state index contributed by atoms with van der Waals surface area (Å²) in [6, 6.07) is 9.12. The molecule has 8 heteroatoms. The van der Waals surface area contributed by atoms with E-state index in [1.54, 1.807) is 7.11 Å². The molecule has 0 aliphatic carbocycles. The van der Waals surface area contributed by atoms with Crippen LogP contribution in [0, 0.1) is 0 Å². The summed E-state index contributed by atoms with van der Waals surface area (Å²) in [5.74, 6) is 1.83. The van der Waals surface area contributed by atoms with Crippen LogP contribution >= 0.6 is 24.0 Å². The van der Waals surface area contributed by atoms with Gasteiger partial charge in [-0.2, -0.15) is 0 Å². The van der Waals surface area contributed by atoms with Gasteiger partial charge in [0.1, 0.15) is 5.75 Å². The summed E-state index contributed by atoms with van der Waals surface area (Å²) >= 11 is 0. The molecule has 0 saturated carbocycles. The standard InChI is InChI=1S/C20H34N6O.HI/c1-21-20(22-13-17-15-24(2)11-12-25(17)3)23-16-9-10-26(14-16)18-7-5-6-8-19(18)27-4;/h5-8,16-17H,9-15H2,1-4H3,(H2,21,22,23);1H. The summed E-state index contributed by atoms with van der Waals surface area (Å²) in [6.07, 6.45) is 1.09. The van der Waals surface area contributed by atoms with E-state index in [1.165, 1.54) is 5.69 Å². The molecule has 1 aromatic carbocycles. The topological polar surface area (TPSA) is 55.4 Å². The lowest BCUT2D eigenvalue weighted by Gasteiger charge is -2.38. The lowest BCUT2D eigenvalue weighted by Crippen LogP contribution is -2.56. The summed E-state index contributed by atoms with van der Waals surface area (Å²) in [5.41, 5.74) is 1.17. The lowest BCUT2D eigenvalue weighted by atomic mass is 10.2. The van der Waals surface area contributed by atoms with Gasteiger partial charge in [0.05, 0.1) is 12.8 Å². The number of benzene rings is 1. The van der Waals surface area contributed by atoms with Crippen molar-refractivity contribution in [2.24, 2.45) is 4.99 Å². The zero-order chi connectivity index (χ0) is 19.2. The highest BCUT2D eigenvalue weighted by Gasteiger charge is 2.26. The number of methoxy groups -OCH3 is 1. The third-order valence-corrected chi connectivity index (χ3v) is 5.66. The van der Waals surface area contributed by atoms with E-state index in [-0.39, 0.29) is 24.0 Å². The number of hydrogen-bond donors (Lipinski definition) is 2. The van der Waals surface area contributed by atoms with Crippen LogP contribution in [0.3, 0.4) is 0 Å². The number of nitrogens with zero attached hydrogens (tertiary/aromatic N) is 4. The van der Waals surface area contributed by atoms with Gasteiger partial charge in [0.25, 0.3) is 0 Å². The first-order valence-electron chi connectivity index (χ1n) is 9.84. The molecule has 2 saturated heterocycles. The summed E-state index contributed by atoms with van der Waals surface area (Å²) in [4.78, 5) is 11.6. The number of ether oxygens (including phenoxy) is 1. The molecular weight excluding hydrogens is 467 g/mol. The predicted octanol–water partition coefficient (Wildman–Crippen LogP) is 1.30. The van der Waals surface area contributed by atoms with Crippen molar-refractivity contribution in [2.75, 3.05) is 72.4 Å². The molecule has 0 amide bonds. The molecule has 3 rings (SSSR count). The van der Waals surface area contributed by atoms with E-state index >= 15 is 0 Å².